The highest BCUT2D eigenvalue weighted by Gasteiger charge is 2.12. The van der Waals surface area contributed by atoms with Gasteiger partial charge in [0.2, 0.25) is 0 Å². The molecule has 6 nitrogen and oxygen atoms in total. The topological polar surface area (TPSA) is 75.6 Å². The molecule has 0 aliphatic rings. The summed E-state index contributed by atoms with van der Waals surface area (Å²) in [7, 11) is 0. The number of aromatic nitrogens is 4. The van der Waals surface area contributed by atoms with Gasteiger partial charge in [0.25, 0.3) is 5.91 Å². The Hall–Kier alpha value is -3.41. The Labute approximate surface area is 144 Å². The fraction of sp³-hybridized carbons (Fsp3) is 0.105. The predicted molar refractivity (Wildman–Crippen MR) is 95.5 cm³/mol. The second kappa shape index (κ2) is 6.24. The average Bonchev–Trinajstić information content (AvgIpc) is 3.32. The highest BCUT2D eigenvalue weighted by atomic mass is 16.1. The molecule has 0 fully saturated rings. The van der Waals surface area contributed by atoms with Gasteiger partial charge in [0.1, 0.15) is 0 Å². The van der Waals surface area contributed by atoms with E-state index in [1.54, 1.807) is 24.9 Å². The maximum absolute atomic E-state index is 12.5. The number of imidazole rings is 2. The smallest absolute Gasteiger partial charge is 0.251 e. The standard InChI is InChI=1S/C19H17N5O/c1-13(14-2-5-16(6-3-14)24-9-8-20-12-24)23-19(25)15-4-7-17-18(10-15)22-11-21-17/h2-13H,1H3,(H,21,22)(H,23,25)/t13-/m0/s1. The van der Waals surface area contributed by atoms with Crippen molar-refractivity contribution >= 4 is 16.9 Å². The number of carbonyl (C=O) groups is 1. The van der Waals surface area contributed by atoms with E-state index in [2.05, 4.69) is 20.3 Å². The number of nitrogens with zero attached hydrogens (tertiary/aromatic N) is 3. The van der Waals surface area contributed by atoms with E-state index in [0.29, 0.717) is 5.56 Å². The van der Waals surface area contributed by atoms with Crippen LogP contribution in [0.5, 0.6) is 0 Å². The monoisotopic (exact) mass is 331 g/mol. The van der Waals surface area contributed by atoms with Crippen LogP contribution in [0.2, 0.25) is 0 Å². The first-order valence-electron chi connectivity index (χ1n) is 8.03. The highest BCUT2D eigenvalue weighted by molar-refractivity contribution is 5.97. The molecule has 0 saturated carbocycles. The average molecular weight is 331 g/mol. The largest absolute Gasteiger partial charge is 0.346 e. The van der Waals surface area contributed by atoms with Crippen molar-refractivity contribution in [2.45, 2.75) is 13.0 Å². The van der Waals surface area contributed by atoms with Crippen LogP contribution < -0.4 is 5.32 Å². The van der Waals surface area contributed by atoms with Crippen molar-refractivity contribution in [3.8, 4) is 5.69 Å². The van der Waals surface area contributed by atoms with Gasteiger partial charge in [-0.3, -0.25) is 4.79 Å². The lowest BCUT2D eigenvalue weighted by molar-refractivity contribution is 0.0940. The van der Waals surface area contributed by atoms with Crippen LogP contribution in [0.1, 0.15) is 28.9 Å². The van der Waals surface area contributed by atoms with E-state index in [0.717, 1.165) is 22.3 Å². The van der Waals surface area contributed by atoms with Crippen LogP contribution in [0.25, 0.3) is 16.7 Å². The molecule has 124 valence electrons. The van der Waals surface area contributed by atoms with Gasteiger partial charge >= 0.3 is 0 Å². The predicted octanol–water partition coefficient (Wildman–Crippen LogP) is 3.24. The van der Waals surface area contributed by atoms with Gasteiger partial charge in [0, 0.05) is 23.6 Å². The van der Waals surface area contributed by atoms with Crippen molar-refractivity contribution in [1.29, 1.82) is 0 Å². The third-order valence-corrected chi connectivity index (χ3v) is 4.23. The van der Waals surface area contributed by atoms with Crippen molar-refractivity contribution < 1.29 is 4.79 Å². The number of fused-ring (bicyclic) bond motifs is 1. The summed E-state index contributed by atoms with van der Waals surface area (Å²) in [6, 6.07) is 13.4. The van der Waals surface area contributed by atoms with Crippen LogP contribution in [0, 0.1) is 0 Å². The molecule has 0 bridgehead atoms. The minimum Gasteiger partial charge on any atom is -0.346 e. The van der Waals surface area contributed by atoms with Gasteiger partial charge in [-0.05, 0) is 42.8 Å². The molecule has 1 amide bonds. The summed E-state index contributed by atoms with van der Waals surface area (Å²) in [5.74, 6) is -0.109. The van der Waals surface area contributed by atoms with Crippen LogP contribution in [0.3, 0.4) is 0 Å². The molecule has 0 saturated heterocycles. The first kappa shape index (κ1) is 15.1. The SMILES string of the molecule is C[C@H](NC(=O)c1ccc2nc[nH]c2c1)c1ccc(-n2ccnc2)cc1. The number of aromatic amines is 1. The molecule has 2 N–H and O–H groups in total. The molecule has 2 aromatic carbocycles. The van der Waals surface area contributed by atoms with Crippen LogP contribution >= 0.6 is 0 Å². The summed E-state index contributed by atoms with van der Waals surface area (Å²) in [5.41, 5.74) is 4.38. The minimum atomic E-state index is -0.109. The molecule has 0 aliphatic carbocycles. The van der Waals surface area contributed by atoms with E-state index in [4.69, 9.17) is 0 Å². The van der Waals surface area contributed by atoms with Crippen LogP contribution in [0.15, 0.2) is 67.5 Å². The van der Waals surface area contributed by atoms with E-state index in [-0.39, 0.29) is 11.9 Å². The van der Waals surface area contributed by atoms with E-state index < -0.39 is 0 Å². The van der Waals surface area contributed by atoms with Gasteiger partial charge in [-0.2, -0.15) is 0 Å². The molecule has 6 heteroatoms. The molecule has 0 radical (unpaired) electrons. The summed E-state index contributed by atoms with van der Waals surface area (Å²) in [5, 5.41) is 3.03. The molecular formula is C19H17N5O. The van der Waals surface area contributed by atoms with Crippen molar-refractivity contribution in [2.75, 3.05) is 0 Å². The zero-order valence-corrected chi connectivity index (χ0v) is 13.7. The number of hydrogen-bond donors (Lipinski definition) is 2. The van der Waals surface area contributed by atoms with Gasteiger partial charge in [-0.15, -0.1) is 0 Å². The number of rotatable bonds is 4. The number of hydrogen-bond acceptors (Lipinski definition) is 3. The van der Waals surface area contributed by atoms with Crippen molar-refractivity contribution in [3.63, 3.8) is 0 Å². The molecule has 4 rings (SSSR count). The number of H-pyrrole nitrogens is 1. The fourth-order valence-corrected chi connectivity index (χ4v) is 2.79. The Morgan fingerprint density at radius 2 is 2.04 bits per heavy atom. The molecule has 0 aliphatic heterocycles. The van der Waals surface area contributed by atoms with E-state index in [1.807, 2.05) is 54.1 Å². The Morgan fingerprint density at radius 1 is 1.20 bits per heavy atom. The number of benzene rings is 2. The Balaban J connectivity index is 1.49. The fourth-order valence-electron chi connectivity index (χ4n) is 2.79. The van der Waals surface area contributed by atoms with Crippen molar-refractivity contribution in [1.82, 2.24) is 24.8 Å². The molecule has 0 spiro atoms. The lowest BCUT2D eigenvalue weighted by Gasteiger charge is -2.15. The number of amides is 1. The summed E-state index contributed by atoms with van der Waals surface area (Å²) >= 11 is 0. The molecule has 25 heavy (non-hydrogen) atoms. The molecular weight excluding hydrogens is 314 g/mol. The third kappa shape index (κ3) is 3.01. The maximum Gasteiger partial charge on any atom is 0.251 e. The molecule has 1 atom stereocenters. The van der Waals surface area contributed by atoms with Crippen LogP contribution in [-0.4, -0.2) is 25.4 Å². The molecule has 2 aromatic heterocycles. The van der Waals surface area contributed by atoms with Crippen LogP contribution in [0.4, 0.5) is 0 Å². The van der Waals surface area contributed by atoms with E-state index in [9.17, 15) is 4.79 Å². The zero-order chi connectivity index (χ0) is 17.2. The lowest BCUT2D eigenvalue weighted by atomic mass is 10.1. The highest BCUT2D eigenvalue weighted by Crippen LogP contribution is 2.17. The Bertz CT molecular complexity index is 1000. The summed E-state index contributed by atoms with van der Waals surface area (Å²) in [6.07, 6.45) is 7.02. The first-order chi connectivity index (χ1) is 12.2. The van der Waals surface area contributed by atoms with Crippen molar-refractivity contribution in [3.05, 3.63) is 78.6 Å². The molecule has 2 heterocycles. The normalized spacial score (nSPS) is 12.2. The van der Waals surface area contributed by atoms with Crippen LogP contribution in [-0.2, 0) is 0 Å². The van der Waals surface area contributed by atoms with Gasteiger partial charge in [-0.1, -0.05) is 12.1 Å². The summed E-state index contributed by atoms with van der Waals surface area (Å²) < 4.78 is 1.94. The number of nitrogens with one attached hydrogen (secondary N) is 2. The first-order valence-corrected chi connectivity index (χ1v) is 8.03. The third-order valence-electron chi connectivity index (χ3n) is 4.23. The number of carbonyl (C=O) groups excluding carboxylic acids is 1. The zero-order valence-electron chi connectivity index (χ0n) is 13.7. The van der Waals surface area contributed by atoms with E-state index >= 15 is 0 Å². The Morgan fingerprint density at radius 3 is 2.80 bits per heavy atom. The van der Waals surface area contributed by atoms with E-state index in [1.165, 1.54) is 0 Å². The minimum absolute atomic E-state index is 0.0956. The summed E-state index contributed by atoms with van der Waals surface area (Å²) in [4.78, 5) is 23.7. The van der Waals surface area contributed by atoms with Gasteiger partial charge in [0.15, 0.2) is 0 Å². The van der Waals surface area contributed by atoms with Crippen molar-refractivity contribution in [2.24, 2.45) is 0 Å². The molecule has 4 aromatic rings. The van der Waals surface area contributed by atoms with Gasteiger partial charge in [0.05, 0.1) is 29.7 Å². The van der Waals surface area contributed by atoms with Gasteiger partial charge in [-0.25, -0.2) is 9.97 Å². The van der Waals surface area contributed by atoms with Gasteiger partial charge < -0.3 is 14.9 Å². The second-order valence-electron chi connectivity index (χ2n) is 5.89. The summed E-state index contributed by atoms with van der Waals surface area (Å²) in [6.45, 7) is 1.97. The lowest BCUT2D eigenvalue weighted by Crippen LogP contribution is -2.26. The quantitative estimate of drug-likeness (QED) is 0.603. The Kier molecular flexibility index (Phi) is 3.78. The second-order valence-corrected chi connectivity index (χ2v) is 5.89. The maximum atomic E-state index is 12.5. The molecule has 0 unspecified atom stereocenters.